The number of fused-ring (bicyclic) bond motifs is 1. The number of aliphatic hydroxyl groups excluding tert-OH is 1. The van der Waals surface area contributed by atoms with Gasteiger partial charge in [0.25, 0.3) is 0 Å². The second-order valence-electron chi connectivity index (χ2n) is 7.38. The summed E-state index contributed by atoms with van der Waals surface area (Å²) in [6.07, 6.45) is 4.88. The number of aromatic nitrogens is 2. The van der Waals surface area contributed by atoms with Crippen molar-refractivity contribution in [3.63, 3.8) is 0 Å². The summed E-state index contributed by atoms with van der Waals surface area (Å²) < 4.78 is 7.10. The van der Waals surface area contributed by atoms with Gasteiger partial charge in [0, 0.05) is 30.4 Å². The van der Waals surface area contributed by atoms with Crippen LogP contribution < -0.4 is 4.74 Å². The predicted molar refractivity (Wildman–Crippen MR) is 104 cm³/mol. The van der Waals surface area contributed by atoms with Crippen molar-refractivity contribution in [1.29, 1.82) is 0 Å². The second kappa shape index (κ2) is 7.94. The van der Waals surface area contributed by atoms with Gasteiger partial charge in [-0.3, -0.25) is 9.48 Å². The highest BCUT2D eigenvalue weighted by atomic mass is 32.2. The van der Waals surface area contributed by atoms with Crippen molar-refractivity contribution in [2.24, 2.45) is 11.8 Å². The molecule has 1 aliphatic carbocycles. The first-order valence-corrected chi connectivity index (χ1v) is 10.3. The molecule has 1 saturated heterocycles. The molecule has 4 rings (SSSR count). The zero-order valence-electron chi connectivity index (χ0n) is 15.4. The lowest BCUT2D eigenvalue weighted by Crippen LogP contribution is -2.36. The Kier molecular flexibility index (Phi) is 5.41. The van der Waals surface area contributed by atoms with Crippen molar-refractivity contribution in [2.75, 3.05) is 26.0 Å². The molecule has 7 heteroatoms. The molecule has 6 nitrogen and oxygen atoms in total. The van der Waals surface area contributed by atoms with Gasteiger partial charge in [0.15, 0.2) is 0 Å². The Bertz CT molecular complexity index is 783. The third-order valence-corrected chi connectivity index (χ3v) is 6.71. The summed E-state index contributed by atoms with van der Waals surface area (Å²) in [5, 5.41) is 14.8. The molecule has 0 radical (unpaired) electrons. The molecular weight excluding hydrogens is 362 g/mol. The molecule has 2 heterocycles. The summed E-state index contributed by atoms with van der Waals surface area (Å²) in [5.41, 5.74) is 0. The molecule has 2 fully saturated rings. The molecule has 1 N–H and O–H groups in total. The van der Waals surface area contributed by atoms with E-state index in [0.29, 0.717) is 17.6 Å². The highest BCUT2D eigenvalue weighted by Gasteiger charge is 2.43. The number of benzene rings is 1. The summed E-state index contributed by atoms with van der Waals surface area (Å²) in [6.45, 7) is 1.54. The molecule has 4 atom stereocenters. The van der Waals surface area contributed by atoms with Gasteiger partial charge in [0.05, 0.1) is 25.0 Å². The first-order valence-electron chi connectivity index (χ1n) is 9.36. The maximum Gasteiger partial charge on any atom is 0.232 e. The van der Waals surface area contributed by atoms with Crippen molar-refractivity contribution in [1.82, 2.24) is 14.7 Å². The van der Waals surface area contributed by atoms with Crippen molar-refractivity contribution >= 4 is 17.7 Å². The van der Waals surface area contributed by atoms with Crippen LogP contribution in [0.5, 0.6) is 5.75 Å². The third kappa shape index (κ3) is 3.99. The molecule has 0 spiro atoms. The molecule has 144 valence electrons. The van der Waals surface area contributed by atoms with E-state index in [1.165, 1.54) is 0 Å². The van der Waals surface area contributed by atoms with Gasteiger partial charge in [-0.05, 0) is 48.9 Å². The zero-order chi connectivity index (χ0) is 18.8. The Hall–Kier alpha value is -1.99. The van der Waals surface area contributed by atoms with E-state index >= 15 is 0 Å². The molecule has 1 aliphatic heterocycles. The van der Waals surface area contributed by atoms with Gasteiger partial charge in [0.2, 0.25) is 5.91 Å². The van der Waals surface area contributed by atoms with E-state index in [0.717, 1.165) is 36.6 Å². The van der Waals surface area contributed by atoms with Gasteiger partial charge >= 0.3 is 0 Å². The average molecular weight is 388 g/mol. The van der Waals surface area contributed by atoms with E-state index < -0.39 is 6.10 Å². The standard InChI is InChI=1S/C20H25N3O3S/c1-26-16-4-2-5-17(10-16)27-13-20(25)22-11-14-8-18(23-7-3-6-21-23)19(24)9-15(14)12-22/h2-7,10,14-15,18-19,24H,8-9,11-13H2,1H3/t14-,15+,18-,19-/m1/s1. The highest BCUT2D eigenvalue weighted by Crippen LogP contribution is 2.41. The second-order valence-corrected chi connectivity index (χ2v) is 8.43. The fraction of sp³-hybridized carbons (Fsp3) is 0.500. The lowest BCUT2D eigenvalue weighted by molar-refractivity contribution is -0.127. The van der Waals surface area contributed by atoms with Crippen molar-refractivity contribution in [3.8, 4) is 5.75 Å². The zero-order valence-corrected chi connectivity index (χ0v) is 16.2. The minimum Gasteiger partial charge on any atom is -0.497 e. The van der Waals surface area contributed by atoms with Crippen LogP contribution >= 0.6 is 11.8 Å². The van der Waals surface area contributed by atoms with Crippen LogP contribution in [-0.2, 0) is 4.79 Å². The monoisotopic (exact) mass is 387 g/mol. The lowest BCUT2D eigenvalue weighted by atomic mass is 9.77. The van der Waals surface area contributed by atoms with E-state index in [1.54, 1.807) is 25.1 Å². The van der Waals surface area contributed by atoms with E-state index in [-0.39, 0.29) is 11.9 Å². The smallest absolute Gasteiger partial charge is 0.232 e. The molecule has 0 bridgehead atoms. The largest absolute Gasteiger partial charge is 0.497 e. The van der Waals surface area contributed by atoms with E-state index in [4.69, 9.17) is 4.74 Å². The van der Waals surface area contributed by atoms with Crippen LogP contribution in [0.2, 0.25) is 0 Å². The van der Waals surface area contributed by atoms with Crippen molar-refractivity contribution in [2.45, 2.75) is 29.9 Å². The van der Waals surface area contributed by atoms with E-state index in [2.05, 4.69) is 5.10 Å². The molecule has 1 aromatic heterocycles. The van der Waals surface area contributed by atoms with Crippen LogP contribution in [0, 0.1) is 11.8 Å². The van der Waals surface area contributed by atoms with Crippen LogP contribution in [0.4, 0.5) is 0 Å². The van der Waals surface area contributed by atoms with Crippen molar-refractivity contribution in [3.05, 3.63) is 42.7 Å². The highest BCUT2D eigenvalue weighted by molar-refractivity contribution is 8.00. The van der Waals surface area contributed by atoms with Gasteiger partial charge in [-0.1, -0.05) is 6.07 Å². The number of hydrogen-bond donors (Lipinski definition) is 1. The van der Waals surface area contributed by atoms with Crippen molar-refractivity contribution < 1.29 is 14.6 Å². The maximum absolute atomic E-state index is 12.7. The third-order valence-electron chi connectivity index (χ3n) is 5.73. The number of amides is 1. The Balaban J connectivity index is 1.34. The number of likely N-dealkylation sites (tertiary alicyclic amines) is 1. The minimum absolute atomic E-state index is 0.0162. The van der Waals surface area contributed by atoms with Gasteiger partial charge in [-0.25, -0.2) is 0 Å². The summed E-state index contributed by atoms with van der Waals surface area (Å²) in [4.78, 5) is 15.7. The normalized spacial score (nSPS) is 27.4. The summed E-state index contributed by atoms with van der Waals surface area (Å²) >= 11 is 1.54. The van der Waals surface area contributed by atoms with E-state index in [1.807, 2.05) is 46.1 Å². The number of thioether (sulfide) groups is 1. The van der Waals surface area contributed by atoms with E-state index in [9.17, 15) is 9.90 Å². The van der Waals surface area contributed by atoms with Crippen LogP contribution in [0.3, 0.4) is 0 Å². The molecule has 1 amide bonds. The van der Waals surface area contributed by atoms with Crippen LogP contribution in [0.1, 0.15) is 18.9 Å². The summed E-state index contributed by atoms with van der Waals surface area (Å²) in [5.74, 6) is 2.23. The number of rotatable bonds is 5. The minimum atomic E-state index is -0.396. The number of hydrogen-bond acceptors (Lipinski definition) is 5. The number of aliphatic hydroxyl groups is 1. The number of ether oxygens (including phenoxy) is 1. The molecule has 2 aliphatic rings. The predicted octanol–water partition coefficient (Wildman–Crippen LogP) is 2.45. The Morgan fingerprint density at radius 2 is 2.11 bits per heavy atom. The van der Waals surface area contributed by atoms with Gasteiger partial charge in [-0.15, -0.1) is 11.8 Å². The topological polar surface area (TPSA) is 67.6 Å². The molecule has 2 aromatic rings. The number of carbonyl (C=O) groups is 1. The van der Waals surface area contributed by atoms with Gasteiger partial charge in [0.1, 0.15) is 5.75 Å². The summed E-state index contributed by atoms with van der Waals surface area (Å²) in [7, 11) is 1.64. The van der Waals surface area contributed by atoms with Gasteiger partial charge in [-0.2, -0.15) is 5.10 Å². The number of carbonyl (C=O) groups excluding carboxylic acids is 1. The first-order chi connectivity index (χ1) is 13.1. The Labute approximate surface area is 163 Å². The Morgan fingerprint density at radius 1 is 1.30 bits per heavy atom. The molecular formula is C20H25N3O3S. The molecule has 1 aromatic carbocycles. The number of nitrogens with zero attached hydrogens (tertiary/aromatic N) is 3. The Morgan fingerprint density at radius 3 is 2.85 bits per heavy atom. The van der Waals surface area contributed by atoms with Crippen LogP contribution in [-0.4, -0.2) is 57.8 Å². The first kappa shape index (κ1) is 18.4. The fourth-order valence-electron chi connectivity index (χ4n) is 4.30. The average Bonchev–Trinajstić information content (AvgIpc) is 3.35. The van der Waals surface area contributed by atoms with Gasteiger partial charge < -0.3 is 14.7 Å². The lowest BCUT2D eigenvalue weighted by Gasteiger charge is -2.35. The number of methoxy groups -OCH3 is 1. The summed E-state index contributed by atoms with van der Waals surface area (Å²) in [6, 6.07) is 9.69. The van der Waals surface area contributed by atoms with Crippen LogP contribution in [0.25, 0.3) is 0 Å². The van der Waals surface area contributed by atoms with Crippen LogP contribution in [0.15, 0.2) is 47.6 Å². The molecule has 0 unspecified atom stereocenters. The maximum atomic E-state index is 12.7. The molecule has 27 heavy (non-hydrogen) atoms. The SMILES string of the molecule is COc1cccc(SCC(=O)N2C[C@H]3C[C@@H](n4cccn4)[C@H](O)C[C@H]3C2)c1. The fourth-order valence-corrected chi connectivity index (χ4v) is 5.15. The molecule has 1 saturated carbocycles. The quantitative estimate of drug-likeness (QED) is 0.799.